The van der Waals surface area contributed by atoms with Crippen LogP contribution in [0.1, 0.15) is 172 Å². The fourth-order valence-corrected chi connectivity index (χ4v) is 13.8. The molecule has 0 bridgehead atoms. The number of carbonyl (C=O) groups is 7. The van der Waals surface area contributed by atoms with E-state index >= 15 is 0 Å². The Labute approximate surface area is 660 Å². The number of hydrogen-bond acceptors (Lipinski definition) is 22. The van der Waals surface area contributed by atoms with E-state index in [0.29, 0.717) is 172 Å². The van der Waals surface area contributed by atoms with Crippen LogP contribution in [-0.4, -0.2) is 233 Å². The molecular formula is C83H122N8O21. The van der Waals surface area contributed by atoms with Crippen LogP contribution in [0, 0.1) is 11.8 Å². The van der Waals surface area contributed by atoms with Gasteiger partial charge in [-0.05, 0) is 113 Å². The van der Waals surface area contributed by atoms with Gasteiger partial charge in [0.05, 0.1) is 169 Å². The van der Waals surface area contributed by atoms with Gasteiger partial charge < -0.3 is 97.8 Å². The molecule has 29 heteroatoms. The number of fused-ring (bicyclic) bond motifs is 4. The molecule has 5 aliphatic rings. The Bertz CT molecular complexity index is 3530. The summed E-state index contributed by atoms with van der Waals surface area (Å²) < 4.78 is 74.3. The summed E-state index contributed by atoms with van der Waals surface area (Å²) in [5, 5.41) is 23.2. The third-order valence-corrected chi connectivity index (χ3v) is 19.9. The molecule has 4 heterocycles. The average Bonchev–Trinajstić information content (AvgIpc) is 1.59. The van der Waals surface area contributed by atoms with Crippen LogP contribution in [-0.2, 0) is 79.6 Å². The fourth-order valence-electron chi connectivity index (χ4n) is 13.8. The summed E-state index contributed by atoms with van der Waals surface area (Å²) >= 11 is 0. The van der Waals surface area contributed by atoms with E-state index in [1.54, 1.807) is 62.4 Å². The zero-order chi connectivity index (χ0) is 79.8. The number of anilines is 2. The van der Waals surface area contributed by atoms with E-state index in [1.807, 2.05) is 32.3 Å². The van der Waals surface area contributed by atoms with Gasteiger partial charge in [-0.3, -0.25) is 33.8 Å². The fraction of sp³-hybridized carbons (Fsp3) is 0.639. The highest BCUT2D eigenvalue weighted by Gasteiger charge is 2.45. The second-order valence-electron chi connectivity index (χ2n) is 29.2. The number of nitrogens with zero attached hydrogens (tertiary/aromatic N) is 4. The van der Waals surface area contributed by atoms with Crippen molar-refractivity contribution in [2.24, 2.45) is 16.8 Å². The number of rotatable bonds is 47. The number of amides is 7. The van der Waals surface area contributed by atoms with Crippen molar-refractivity contribution in [2.75, 3.05) is 150 Å². The number of aliphatic imine (C=N–C) groups is 1. The van der Waals surface area contributed by atoms with Crippen LogP contribution in [0.25, 0.3) is 0 Å². The van der Waals surface area contributed by atoms with Crippen molar-refractivity contribution in [3.05, 3.63) is 88.8 Å². The summed E-state index contributed by atoms with van der Waals surface area (Å²) in [5.41, 5.74) is 4.45. The minimum atomic E-state index is -1.52. The molecule has 5 atom stereocenters. The summed E-state index contributed by atoms with van der Waals surface area (Å²) in [4.78, 5) is 103. The summed E-state index contributed by atoms with van der Waals surface area (Å²) in [6, 6.07) is 10.3. The molecule has 0 spiro atoms. The van der Waals surface area contributed by atoms with Crippen molar-refractivity contribution in [2.45, 2.75) is 194 Å². The zero-order valence-corrected chi connectivity index (χ0v) is 66.9. The second-order valence-corrected chi connectivity index (χ2v) is 29.2. The van der Waals surface area contributed by atoms with Gasteiger partial charge in [0.1, 0.15) is 18.7 Å². The molecule has 1 aliphatic carbocycles. The quantitative estimate of drug-likeness (QED) is 0.0328. The lowest BCUT2D eigenvalue weighted by Crippen LogP contribution is -2.53. The number of benzene rings is 3. The molecule has 3 aromatic carbocycles. The van der Waals surface area contributed by atoms with E-state index in [1.165, 1.54) is 88.9 Å². The molecule has 4 aliphatic heterocycles. The lowest BCUT2D eigenvalue weighted by Gasteiger charge is -2.31. The maximum Gasteiger partial charge on any atom is 0.416 e. The Morgan fingerprint density at radius 3 is 1.67 bits per heavy atom. The molecule has 112 heavy (non-hydrogen) atoms. The first-order valence-electron chi connectivity index (χ1n) is 40.1. The van der Waals surface area contributed by atoms with Crippen LogP contribution in [0.5, 0.6) is 23.0 Å². The number of aliphatic hydroxyl groups is 1. The van der Waals surface area contributed by atoms with Crippen LogP contribution in [0.3, 0.4) is 0 Å². The zero-order valence-electron chi connectivity index (χ0n) is 66.9. The van der Waals surface area contributed by atoms with Gasteiger partial charge in [0.2, 0.25) is 29.5 Å². The molecule has 620 valence electrons. The summed E-state index contributed by atoms with van der Waals surface area (Å²) in [6.45, 7) is 16.0. The van der Waals surface area contributed by atoms with E-state index in [0.717, 1.165) is 40.9 Å². The molecule has 1 unspecified atom stereocenters. The predicted octanol–water partition coefficient (Wildman–Crippen LogP) is 10.2. The minimum Gasteiger partial charge on any atom is -0.493 e. The van der Waals surface area contributed by atoms with Gasteiger partial charge in [0, 0.05) is 55.8 Å². The third-order valence-electron chi connectivity index (χ3n) is 19.9. The number of nitrogens with one attached hydrogen (secondary N) is 4. The number of carbonyl (C=O) groups excluding carboxylic acids is 7. The number of hydrogen-bond donors (Lipinski definition) is 5. The molecule has 5 N–H and O–H groups in total. The summed E-state index contributed by atoms with van der Waals surface area (Å²) in [7, 11) is 3.00. The van der Waals surface area contributed by atoms with Crippen molar-refractivity contribution >= 4 is 64.8 Å². The maximum atomic E-state index is 14.3. The van der Waals surface area contributed by atoms with Crippen LogP contribution in [0.2, 0.25) is 0 Å². The molecule has 7 amide bonds. The first kappa shape index (κ1) is 89.3. The first-order valence-corrected chi connectivity index (χ1v) is 40.1. The molecule has 1 fully saturated rings. The minimum absolute atomic E-state index is 0.00236. The standard InChI is InChI=1S/C83H122N8O21/c1-58(2)78(88-75(92)26-30-102-32-34-104-36-38-106-40-42-108-44-45-109-43-41-107-39-37-105-35-33-103-31-27-84-76(93)48-62-20-16-13-11-9-8-10-12-14-17-21-62)80(96)86-61(5)79(95)87-65-24-22-63(23-25-65)57-112-83(99)91-69-53-74(72(101-7)51-67(69)81(97)90-56-60(4)47-70(90)82(91)98)111-29-19-15-18-28-110-73-52-68-64(49-71(73)100-6)50-77(94)89-55-59(3)46-66(89)54-85-68/h22-25,49,51-56,58,61-62,66,70,78,82,98H,8-21,26-48,50,57H2,1-7H3,(H,84,93)(H,86,96)(H,87,95)(H,88,92)/t61-,66?,70-,78-,82-/m0/s1. The largest absolute Gasteiger partial charge is 0.493 e. The number of aliphatic hydroxyl groups excluding tert-OH is 1. The molecule has 8 rings (SSSR count). The lowest BCUT2D eigenvalue weighted by molar-refractivity contribution is -0.132. The second kappa shape index (κ2) is 49.4. The molecule has 1 saturated carbocycles. The highest BCUT2D eigenvalue weighted by Crippen LogP contribution is 2.43. The van der Waals surface area contributed by atoms with E-state index in [2.05, 4.69) is 21.3 Å². The highest BCUT2D eigenvalue weighted by atomic mass is 16.6. The van der Waals surface area contributed by atoms with Gasteiger partial charge in [-0.2, -0.15) is 0 Å². The predicted molar refractivity (Wildman–Crippen MR) is 421 cm³/mol. The Morgan fingerprint density at radius 2 is 1.10 bits per heavy atom. The lowest BCUT2D eigenvalue weighted by atomic mass is 9.90. The van der Waals surface area contributed by atoms with Crippen molar-refractivity contribution in [1.29, 1.82) is 0 Å². The summed E-state index contributed by atoms with van der Waals surface area (Å²) in [6.07, 6.45) is 20.8. The van der Waals surface area contributed by atoms with Gasteiger partial charge in [0.25, 0.3) is 5.91 Å². The van der Waals surface area contributed by atoms with Gasteiger partial charge in [-0.25, -0.2) is 9.69 Å². The summed E-state index contributed by atoms with van der Waals surface area (Å²) in [5.74, 6) is -0.0854. The van der Waals surface area contributed by atoms with E-state index in [9.17, 15) is 38.7 Å². The normalized spacial score (nSPS) is 17.9. The maximum absolute atomic E-state index is 14.3. The Balaban J connectivity index is 0.637. The Kier molecular flexibility index (Phi) is 39.4. The van der Waals surface area contributed by atoms with Crippen molar-refractivity contribution in [3.8, 4) is 23.0 Å². The smallest absolute Gasteiger partial charge is 0.416 e. The van der Waals surface area contributed by atoms with Gasteiger partial charge in [0.15, 0.2) is 29.2 Å². The number of methoxy groups -OCH3 is 2. The Hall–Kier alpha value is -8.26. The molecule has 0 aromatic heterocycles. The van der Waals surface area contributed by atoms with Gasteiger partial charge in [-0.15, -0.1) is 0 Å². The van der Waals surface area contributed by atoms with Crippen LogP contribution >= 0.6 is 0 Å². The molecular weight excluding hydrogens is 1440 g/mol. The van der Waals surface area contributed by atoms with Crippen LogP contribution in [0.4, 0.5) is 21.9 Å². The first-order chi connectivity index (χ1) is 54.4. The van der Waals surface area contributed by atoms with Crippen LogP contribution in [0.15, 0.2) is 77.1 Å². The Morgan fingerprint density at radius 1 is 0.571 bits per heavy atom. The van der Waals surface area contributed by atoms with Gasteiger partial charge >= 0.3 is 6.09 Å². The van der Waals surface area contributed by atoms with E-state index in [-0.39, 0.29) is 85.8 Å². The average molecular weight is 1570 g/mol. The van der Waals surface area contributed by atoms with E-state index < -0.39 is 54.1 Å². The van der Waals surface area contributed by atoms with Crippen molar-refractivity contribution in [1.82, 2.24) is 25.8 Å². The number of ether oxygens (including phenoxy) is 13. The van der Waals surface area contributed by atoms with Crippen molar-refractivity contribution in [3.63, 3.8) is 0 Å². The highest BCUT2D eigenvalue weighted by molar-refractivity contribution is 6.06. The molecule has 0 saturated heterocycles. The van der Waals surface area contributed by atoms with Crippen LogP contribution < -0.4 is 45.1 Å². The molecule has 29 nitrogen and oxygen atoms in total. The van der Waals surface area contributed by atoms with Gasteiger partial charge in [-0.1, -0.05) is 94.9 Å². The third kappa shape index (κ3) is 29.9. The molecule has 3 aromatic rings. The SMILES string of the molecule is COc1cc2c(cc1OCCCCCOc1cc3c(cc1OC)C(=O)N1C=C(C)C[C@H]1[C@H](O)N3C(=O)OCc1ccc(NC(=O)[C@H](C)NC(=O)[C@@H](NC(=O)CCOCCOCCOCCOCCOCCOCCOCCOCCNC(=O)CC3CCCCCCCCCCC3)C(C)C)cc1)N=CC1CC(C)=CN1C(=O)C2. The molecule has 0 radical (unpaired) electrons. The monoisotopic (exact) mass is 1570 g/mol. The number of unbranched alkanes of at least 4 members (excludes halogenated alkanes) is 2. The van der Waals surface area contributed by atoms with E-state index in [4.69, 9.17) is 66.6 Å². The topological polar surface area (TPSA) is 330 Å². The van der Waals surface area contributed by atoms with Crippen molar-refractivity contribution < 1.29 is 100 Å².